The molecule has 2 N–H and O–H groups in total. The molecule has 0 saturated carbocycles. The molecule has 0 aliphatic carbocycles. The summed E-state index contributed by atoms with van der Waals surface area (Å²) >= 11 is 0. The normalized spacial score (nSPS) is 12.0. The quantitative estimate of drug-likeness (QED) is 0.640. The number of hydrogen-bond donors (Lipinski definition) is 2. The van der Waals surface area contributed by atoms with Gasteiger partial charge in [0.2, 0.25) is 5.91 Å². The molecule has 1 unspecified atom stereocenters. The van der Waals surface area contributed by atoms with E-state index in [1.54, 1.807) is 6.20 Å². The number of carboxylic acids is 1. The van der Waals surface area contributed by atoms with Crippen molar-refractivity contribution in [1.82, 2.24) is 24.9 Å². The van der Waals surface area contributed by atoms with Crippen LogP contribution in [0.1, 0.15) is 39.9 Å². The SMILES string of the molecule is Cc1nn(C)c(C)c1CC(C)C(=O)NCc1cccc(-n2ccc(C(=O)O)n2)c1. The predicted octanol–water partition coefficient (Wildman–Crippen LogP) is 2.42. The minimum Gasteiger partial charge on any atom is -0.476 e. The average molecular weight is 395 g/mol. The van der Waals surface area contributed by atoms with E-state index in [2.05, 4.69) is 15.5 Å². The lowest BCUT2D eigenvalue weighted by atomic mass is 9.99. The van der Waals surface area contributed by atoms with E-state index < -0.39 is 5.97 Å². The van der Waals surface area contributed by atoms with Gasteiger partial charge in [-0.1, -0.05) is 19.1 Å². The fourth-order valence-electron chi connectivity index (χ4n) is 3.27. The lowest BCUT2D eigenvalue weighted by Gasteiger charge is -2.13. The fourth-order valence-corrected chi connectivity index (χ4v) is 3.27. The molecule has 1 amide bonds. The Bertz CT molecular complexity index is 1050. The van der Waals surface area contributed by atoms with E-state index in [0.29, 0.717) is 13.0 Å². The Kier molecular flexibility index (Phi) is 5.81. The van der Waals surface area contributed by atoms with Gasteiger partial charge in [-0.2, -0.15) is 10.2 Å². The molecule has 2 heterocycles. The zero-order chi connectivity index (χ0) is 21.1. The second-order valence-corrected chi connectivity index (χ2v) is 7.22. The van der Waals surface area contributed by atoms with E-state index in [1.807, 2.05) is 56.8 Å². The van der Waals surface area contributed by atoms with Crippen LogP contribution in [0, 0.1) is 19.8 Å². The van der Waals surface area contributed by atoms with Crippen molar-refractivity contribution in [3.05, 3.63) is 64.7 Å². The maximum atomic E-state index is 12.6. The molecule has 152 valence electrons. The van der Waals surface area contributed by atoms with Crippen molar-refractivity contribution in [1.29, 1.82) is 0 Å². The van der Waals surface area contributed by atoms with Gasteiger partial charge in [0.25, 0.3) is 0 Å². The lowest BCUT2D eigenvalue weighted by molar-refractivity contribution is -0.124. The number of aromatic nitrogens is 4. The highest BCUT2D eigenvalue weighted by molar-refractivity contribution is 5.85. The number of nitrogens with one attached hydrogen (secondary N) is 1. The zero-order valence-corrected chi connectivity index (χ0v) is 17.0. The van der Waals surface area contributed by atoms with Crippen molar-refractivity contribution in [2.45, 2.75) is 33.7 Å². The van der Waals surface area contributed by atoms with Crippen LogP contribution in [0.4, 0.5) is 0 Å². The standard InChI is InChI=1S/C21H25N5O3/c1-13(10-18-14(2)23-25(4)15(18)3)20(27)22-12-16-6-5-7-17(11-16)26-9-8-19(24-26)21(28)29/h5-9,11,13H,10,12H2,1-4H3,(H,22,27)(H,28,29). The molecule has 0 aliphatic heterocycles. The minimum atomic E-state index is -1.07. The summed E-state index contributed by atoms with van der Waals surface area (Å²) < 4.78 is 3.34. The second-order valence-electron chi connectivity index (χ2n) is 7.22. The van der Waals surface area contributed by atoms with Gasteiger partial charge in [0.1, 0.15) is 0 Å². The molecule has 3 rings (SSSR count). The Balaban J connectivity index is 1.63. The maximum absolute atomic E-state index is 12.6. The lowest BCUT2D eigenvalue weighted by Crippen LogP contribution is -2.30. The molecule has 2 aromatic heterocycles. The van der Waals surface area contributed by atoms with Gasteiger partial charge in [-0.05, 0) is 49.6 Å². The van der Waals surface area contributed by atoms with Crippen molar-refractivity contribution in [2.75, 3.05) is 0 Å². The van der Waals surface area contributed by atoms with Gasteiger partial charge in [-0.15, -0.1) is 0 Å². The third-order valence-corrected chi connectivity index (χ3v) is 5.07. The number of carbonyl (C=O) groups is 2. The first kappa shape index (κ1) is 20.3. The molecule has 0 spiro atoms. The van der Waals surface area contributed by atoms with E-state index >= 15 is 0 Å². The molecular weight excluding hydrogens is 370 g/mol. The highest BCUT2D eigenvalue weighted by Crippen LogP contribution is 2.17. The van der Waals surface area contributed by atoms with Crippen LogP contribution in [-0.4, -0.2) is 36.5 Å². The summed E-state index contributed by atoms with van der Waals surface area (Å²) in [6, 6.07) is 8.91. The molecule has 1 atom stereocenters. The van der Waals surface area contributed by atoms with Crippen molar-refractivity contribution < 1.29 is 14.7 Å². The molecule has 8 nitrogen and oxygen atoms in total. The zero-order valence-electron chi connectivity index (χ0n) is 17.0. The van der Waals surface area contributed by atoms with Crippen LogP contribution < -0.4 is 5.32 Å². The summed E-state index contributed by atoms with van der Waals surface area (Å²) in [4.78, 5) is 23.6. The van der Waals surface area contributed by atoms with Gasteiger partial charge in [0, 0.05) is 31.4 Å². The van der Waals surface area contributed by atoms with Crippen molar-refractivity contribution in [3.63, 3.8) is 0 Å². The first-order chi connectivity index (χ1) is 13.8. The molecule has 8 heteroatoms. The summed E-state index contributed by atoms with van der Waals surface area (Å²) in [5, 5.41) is 20.4. The first-order valence-corrected chi connectivity index (χ1v) is 9.41. The van der Waals surface area contributed by atoms with Crippen molar-refractivity contribution >= 4 is 11.9 Å². The Morgan fingerprint density at radius 3 is 2.59 bits per heavy atom. The van der Waals surface area contributed by atoms with Gasteiger partial charge in [0.15, 0.2) is 5.69 Å². The van der Waals surface area contributed by atoms with Crippen LogP contribution in [0.5, 0.6) is 0 Å². The molecule has 1 aromatic carbocycles. The monoisotopic (exact) mass is 395 g/mol. The third-order valence-electron chi connectivity index (χ3n) is 5.07. The summed E-state index contributed by atoms with van der Waals surface area (Å²) in [7, 11) is 1.91. The Morgan fingerprint density at radius 2 is 1.97 bits per heavy atom. The Morgan fingerprint density at radius 1 is 1.21 bits per heavy atom. The van der Waals surface area contributed by atoms with Crippen LogP contribution in [0.25, 0.3) is 5.69 Å². The molecule has 0 saturated heterocycles. The fraction of sp³-hybridized carbons (Fsp3) is 0.333. The first-order valence-electron chi connectivity index (χ1n) is 9.41. The third kappa shape index (κ3) is 4.53. The van der Waals surface area contributed by atoms with Gasteiger partial charge in [0.05, 0.1) is 11.4 Å². The molecule has 3 aromatic rings. The van der Waals surface area contributed by atoms with Crippen LogP contribution >= 0.6 is 0 Å². The van der Waals surface area contributed by atoms with Gasteiger partial charge in [-0.25, -0.2) is 9.48 Å². The second kappa shape index (κ2) is 8.30. The largest absolute Gasteiger partial charge is 0.476 e. The molecule has 29 heavy (non-hydrogen) atoms. The molecular formula is C21H25N5O3. The topological polar surface area (TPSA) is 102 Å². The van der Waals surface area contributed by atoms with Crippen LogP contribution in [0.3, 0.4) is 0 Å². The highest BCUT2D eigenvalue weighted by Gasteiger charge is 2.18. The van der Waals surface area contributed by atoms with E-state index in [0.717, 1.165) is 28.2 Å². The van der Waals surface area contributed by atoms with Crippen LogP contribution in [0.2, 0.25) is 0 Å². The number of hydrogen-bond acceptors (Lipinski definition) is 4. The summed E-state index contributed by atoms with van der Waals surface area (Å²) in [6.07, 6.45) is 2.24. The number of carboxylic acid groups (broad SMARTS) is 1. The van der Waals surface area contributed by atoms with Gasteiger partial charge < -0.3 is 10.4 Å². The average Bonchev–Trinajstić information content (AvgIpc) is 3.28. The smallest absolute Gasteiger partial charge is 0.356 e. The van der Waals surface area contributed by atoms with Crippen LogP contribution in [0.15, 0.2) is 36.5 Å². The van der Waals surface area contributed by atoms with Gasteiger partial charge in [-0.3, -0.25) is 9.48 Å². The summed E-state index contributed by atoms with van der Waals surface area (Å²) in [5.41, 5.74) is 4.78. The predicted molar refractivity (Wildman–Crippen MR) is 108 cm³/mol. The van der Waals surface area contributed by atoms with Gasteiger partial charge >= 0.3 is 5.97 Å². The van der Waals surface area contributed by atoms with E-state index in [-0.39, 0.29) is 17.5 Å². The molecule has 0 fully saturated rings. The van der Waals surface area contributed by atoms with E-state index in [9.17, 15) is 9.59 Å². The molecule has 0 bridgehead atoms. The number of amides is 1. The number of benzene rings is 1. The van der Waals surface area contributed by atoms with E-state index in [4.69, 9.17) is 5.11 Å². The number of aryl methyl sites for hydroxylation is 2. The van der Waals surface area contributed by atoms with Crippen molar-refractivity contribution in [3.8, 4) is 5.69 Å². The number of aromatic carboxylic acids is 1. The minimum absolute atomic E-state index is 0.0153. The summed E-state index contributed by atoms with van der Waals surface area (Å²) in [5.74, 6) is -1.27. The Labute approximate surface area is 169 Å². The maximum Gasteiger partial charge on any atom is 0.356 e. The molecule has 0 radical (unpaired) electrons. The highest BCUT2D eigenvalue weighted by atomic mass is 16.4. The number of rotatable bonds is 7. The van der Waals surface area contributed by atoms with E-state index in [1.165, 1.54) is 10.7 Å². The number of carbonyl (C=O) groups excluding carboxylic acids is 1. The number of nitrogens with zero attached hydrogens (tertiary/aromatic N) is 4. The van der Waals surface area contributed by atoms with Crippen LogP contribution in [-0.2, 0) is 24.8 Å². The summed E-state index contributed by atoms with van der Waals surface area (Å²) in [6.45, 7) is 6.27. The van der Waals surface area contributed by atoms with Crippen molar-refractivity contribution in [2.24, 2.45) is 13.0 Å². The molecule has 0 aliphatic rings. The Hall–Kier alpha value is -3.42.